The number of amides is 2. The highest BCUT2D eigenvalue weighted by Crippen LogP contribution is 2.31. The van der Waals surface area contributed by atoms with E-state index < -0.39 is 0 Å². The van der Waals surface area contributed by atoms with Crippen LogP contribution in [0.4, 0.5) is 11.4 Å². The Balaban J connectivity index is 1.67. The van der Waals surface area contributed by atoms with Crippen molar-refractivity contribution in [3.8, 4) is 11.4 Å². The lowest BCUT2D eigenvalue weighted by molar-refractivity contribution is -0.114. The number of rotatable bonds is 5. The number of benzene rings is 2. The van der Waals surface area contributed by atoms with Crippen molar-refractivity contribution in [2.45, 2.75) is 26.2 Å². The van der Waals surface area contributed by atoms with Crippen LogP contribution in [0, 0.1) is 0 Å². The van der Waals surface area contributed by atoms with Crippen molar-refractivity contribution >= 4 is 23.2 Å². The Morgan fingerprint density at radius 3 is 2.59 bits per heavy atom. The van der Waals surface area contributed by atoms with Crippen LogP contribution in [0.5, 0.6) is 5.75 Å². The summed E-state index contributed by atoms with van der Waals surface area (Å²) in [5.41, 5.74) is 4.49. The topological polar surface area (TPSA) is 85.2 Å². The second kappa shape index (κ2) is 7.79. The Labute approximate surface area is 168 Å². The highest BCUT2D eigenvalue weighted by Gasteiger charge is 2.27. The molecule has 7 heteroatoms. The zero-order valence-electron chi connectivity index (χ0n) is 16.4. The Morgan fingerprint density at radius 1 is 1.07 bits per heavy atom. The fourth-order valence-corrected chi connectivity index (χ4v) is 3.67. The van der Waals surface area contributed by atoms with Crippen molar-refractivity contribution < 1.29 is 14.3 Å². The predicted octanol–water partition coefficient (Wildman–Crippen LogP) is 3.58. The van der Waals surface area contributed by atoms with Gasteiger partial charge in [-0.25, -0.2) is 4.68 Å². The van der Waals surface area contributed by atoms with E-state index in [4.69, 9.17) is 4.74 Å². The zero-order chi connectivity index (χ0) is 20.4. The second-order valence-electron chi connectivity index (χ2n) is 6.93. The maximum atomic E-state index is 13.1. The lowest BCUT2D eigenvalue weighted by atomic mass is 10.2. The molecule has 0 fully saturated rings. The first-order chi connectivity index (χ1) is 14.1. The van der Waals surface area contributed by atoms with Crippen molar-refractivity contribution in [3.05, 3.63) is 65.5 Å². The third kappa shape index (κ3) is 3.71. The molecule has 0 bridgehead atoms. The Kier molecular flexibility index (Phi) is 5.03. The molecule has 2 N–H and O–H groups in total. The summed E-state index contributed by atoms with van der Waals surface area (Å²) in [4.78, 5) is 24.4. The smallest absolute Gasteiger partial charge is 0.276 e. The van der Waals surface area contributed by atoms with Crippen molar-refractivity contribution in [2.24, 2.45) is 0 Å². The van der Waals surface area contributed by atoms with Gasteiger partial charge < -0.3 is 15.4 Å². The predicted molar refractivity (Wildman–Crippen MR) is 111 cm³/mol. The minimum Gasteiger partial charge on any atom is -0.495 e. The van der Waals surface area contributed by atoms with Gasteiger partial charge in [0.1, 0.15) is 5.75 Å². The third-order valence-electron chi connectivity index (χ3n) is 4.91. The molecule has 1 aromatic heterocycles. The van der Waals surface area contributed by atoms with Gasteiger partial charge in [0.05, 0.1) is 18.5 Å². The lowest BCUT2D eigenvalue weighted by Gasteiger charge is -2.12. The molecule has 7 nitrogen and oxygen atoms in total. The molecule has 148 valence electrons. The van der Waals surface area contributed by atoms with Crippen LogP contribution >= 0.6 is 0 Å². The SMILES string of the molecule is COc1ccc(NC(C)=O)cc1NC(=O)c1nn(-c2ccccc2)c2c1CCC2. The maximum absolute atomic E-state index is 13.1. The number of para-hydroxylation sites is 1. The van der Waals surface area contributed by atoms with Gasteiger partial charge in [0.2, 0.25) is 5.91 Å². The number of nitrogens with zero attached hydrogens (tertiary/aromatic N) is 2. The van der Waals surface area contributed by atoms with Gasteiger partial charge in [0.25, 0.3) is 5.91 Å². The highest BCUT2D eigenvalue weighted by atomic mass is 16.5. The average molecular weight is 390 g/mol. The van der Waals surface area contributed by atoms with E-state index in [0.717, 1.165) is 36.2 Å². The molecule has 29 heavy (non-hydrogen) atoms. The summed E-state index contributed by atoms with van der Waals surface area (Å²) in [6.45, 7) is 1.43. The van der Waals surface area contributed by atoms with Gasteiger partial charge in [-0.1, -0.05) is 18.2 Å². The van der Waals surface area contributed by atoms with Gasteiger partial charge in [-0.05, 0) is 49.6 Å². The summed E-state index contributed by atoms with van der Waals surface area (Å²) < 4.78 is 7.22. The van der Waals surface area contributed by atoms with Gasteiger partial charge in [0.15, 0.2) is 5.69 Å². The van der Waals surface area contributed by atoms with Crippen molar-refractivity contribution in [2.75, 3.05) is 17.7 Å². The minimum absolute atomic E-state index is 0.188. The maximum Gasteiger partial charge on any atom is 0.276 e. The zero-order valence-corrected chi connectivity index (χ0v) is 16.4. The van der Waals surface area contributed by atoms with Crippen LogP contribution in [0.3, 0.4) is 0 Å². The van der Waals surface area contributed by atoms with E-state index >= 15 is 0 Å². The third-order valence-corrected chi connectivity index (χ3v) is 4.91. The van der Waals surface area contributed by atoms with E-state index in [0.29, 0.717) is 22.8 Å². The summed E-state index contributed by atoms with van der Waals surface area (Å²) >= 11 is 0. The molecular weight excluding hydrogens is 368 g/mol. The molecule has 2 amide bonds. The number of carbonyl (C=O) groups is 2. The normalized spacial score (nSPS) is 12.3. The number of hydrogen-bond donors (Lipinski definition) is 2. The molecule has 0 saturated heterocycles. The van der Waals surface area contributed by atoms with E-state index in [1.54, 1.807) is 18.2 Å². The first-order valence-corrected chi connectivity index (χ1v) is 9.50. The van der Waals surface area contributed by atoms with Crippen LogP contribution in [0.2, 0.25) is 0 Å². The summed E-state index contributed by atoms with van der Waals surface area (Å²) in [6.07, 6.45) is 2.72. The molecule has 0 saturated carbocycles. The Bertz CT molecular complexity index is 1070. The van der Waals surface area contributed by atoms with Crippen LogP contribution in [0.1, 0.15) is 35.1 Å². The van der Waals surface area contributed by atoms with Crippen LogP contribution in [-0.2, 0) is 17.6 Å². The molecular formula is C22H22N4O3. The number of hydrogen-bond acceptors (Lipinski definition) is 4. The first kappa shape index (κ1) is 18.7. The first-order valence-electron chi connectivity index (χ1n) is 9.50. The summed E-state index contributed by atoms with van der Waals surface area (Å²) in [5, 5.41) is 10.2. The summed E-state index contributed by atoms with van der Waals surface area (Å²) in [5.74, 6) is 0.0227. The molecule has 1 heterocycles. The summed E-state index contributed by atoms with van der Waals surface area (Å²) in [6, 6.07) is 14.9. The van der Waals surface area contributed by atoms with Gasteiger partial charge in [-0.15, -0.1) is 0 Å². The van der Waals surface area contributed by atoms with Gasteiger partial charge >= 0.3 is 0 Å². The van der Waals surface area contributed by atoms with Gasteiger partial charge in [-0.3, -0.25) is 9.59 Å². The fraction of sp³-hybridized carbons (Fsp3) is 0.227. The lowest BCUT2D eigenvalue weighted by Crippen LogP contribution is -2.16. The summed E-state index contributed by atoms with van der Waals surface area (Å²) in [7, 11) is 1.53. The molecule has 1 aliphatic carbocycles. The Hall–Kier alpha value is -3.61. The van der Waals surface area contributed by atoms with Crippen LogP contribution in [-0.4, -0.2) is 28.7 Å². The minimum atomic E-state index is -0.295. The molecule has 2 aromatic carbocycles. The van der Waals surface area contributed by atoms with Gasteiger partial charge in [-0.2, -0.15) is 5.10 Å². The number of ether oxygens (including phenoxy) is 1. The molecule has 0 unspecified atom stereocenters. The van der Waals surface area contributed by atoms with Crippen molar-refractivity contribution in [1.82, 2.24) is 9.78 Å². The number of fused-ring (bicyclic) bond motifs is 1. The van der Waals surface area contributed by atoms with E-state index in [1.165, 1.54) is 14.0 Å². The molecule has 0 atom stereocenters. The van der Waals surface area contributed by atoms with Crippen molar-refractivity contribution in [1.29, 1.82) is 0 Å². The second-order valence-corrected chi connectivity index (χ2v) is 6.93. The average Bonchev–Trinajstić information content (AvgIpc) is 3.31. The quantitative estimate of drug-likeness (QED) is 0.697. The Morgan fingerprint density at radius 2 is 1.86 bits per heavy atom. The molecule has 0 spiro atoms. The van der Waals surface area contributed by atoms with E-state index in [2.05, 4.69) is 15.7 Å². The fourth-order valence-electron chi connectivity index (χ4n) is 3.67. The molecule has 0 aliphatic heterocycles. The number of nitrogens with one attached hydrogen (secondary N) is 2. The van der Waals surface area contributed by atoms with Crippen molar-refractivity contribution in [3.63, 3.8) is 0 Å². The van der Waals surface area contributed by atoms with E-state index in [-0.39, 0.29) is 11.8 Å². The molecule has 4 rings (SSSR count). The molecule has 1 aliphatic rings. The van der Waals surface area contributed by atoms with E-state index in [1.807, 2.05) is 35.0 Å². The number of anilines is 2. The number of aromatic nitrogens is 2. The monoisotopic (exact) mass is 390 g/mol. The number of carbonyl (C=O) groups excluding carboxylic acids is 2. The van der Waals surface area contributed by atoms with Crippen LogP contribution < -0.4 is 15.4 Å². The molecule has 3 aromatic rings. The van der Waals surface area contributed by atoms with Gasteiger partial charge in [0, 0.05) is 23.9 Å². The largest absolute Gasteiger partial charge is 0.495 e. The highest BCUT2D eigenvalue weighted by molar-refractivity contribution is 6.05. The van der Waals surface area contributed by atoms with E-state index in [9.17, 15) is 9.59 Å². The van der Waals surface area contributed by atoms with Crippen LogP contribution in [0.25, 0.3) is 5.69 Å². The number of methoxy groups -OCH3 is 1. The molecule has 0 radical (unpaired) electrons. The van der Waals surface area contributed by atoms with Crippen LogP contribution in [0.15, 0.2) is 48.5 Å². The standard InChI is InChI=1S/C22H22N4O3/c1-14(27)23-15-11-12-20(29-2)18(13-15)24-22(28)21-17-9-6-10-19(17)26(25-21)16-7-4-3-5-8-16/h3-5,7-8,11-13H,6,9-10H2,1-2H3,(H,23,27)(H,24,28).